The van der Waals surface area contributed by atoms with E-state index in [0.29, 0.717) is 18.9 Å². The zero-order chi connectivity index (χ0) is 13.8. The maximum Gasteiger partial charge on any atom is 0.227 e. The molecule has 1 unspecified atom stereocenters. The Bertz CT molecular complexity index is 428. The first-order chi connectivity index (χ1) is 9.10. The summed E-state index contributed by atoms with van der Waals surface area (Å²) in [6.07, 6.45) is 1.62. The van der Waals surface area contributed by atoms with E-state index >= 15 is 0 Å². The fraction of sp³-hybridized carbons (Fsp3) is 0.533. The van der Waals surface area contributed by atoms with Gasteiger partial charge in [-0.3, -0.25) is 4.79 Å². The highest BCUT2D eigenvalue weighted by atomic mass is 16.2. The molecule has 1 amide bonds. The molecule has 0 aliphatic carbocycles. The second-order valence-corrected chi connectivity index (χ2v) is 5.53. The van der Waals surface area contributed by atoms with Gasteiger partial charge in [0.15, 0.2) is 0 Å². The SMILES string of the molecule is CN(C)CCc1ccc(N2CC(CN)CC2=O)cc1. The molecule has 19 heavy (non-hydrogen) atoms. The smallest absolute Gasteiger partial charge is 0.227 e. The molecule has 0 aromatic heterocycles. The molecule has 0 saturated carbocycles. The van der Waals surface area contributed by atoms with Crippen molar-refractivity contribution in [2.45, 2.75) is 12.8 Å². The first-order valence-electron chi connectivity index (χ1n) is 6.84. The fourth-order valence-corrected chi connectivity index (χ4v) is 2.38. The summed E-state index contributed by atoms with van der Waals surface area (Å²) in [6.45, 7) is 2.38. The molecule has 4 nitrogen and oxygen atoms in total. The zero-order valence-electron chi connectivity index (χ0n) is 11.8. The van der Waals surface area contributed by atoms with Crippen LogP contribution < -0.4 is 10.6 Å². The molecule has 1 atom stereocenters. The zero-order valence-corrected chi connectivity index (χ0v) is 11.8. The Labute approximate surface area is 115 Å². The molecule has 1 heterocycles. The van der Waals surface area contributed by atoms with Crippen molar-refractivity contribution in [3.63, 3.8) is 0 Å². The number of rotatable bonds is 5. The van der Waals surface area contributed by atoms with Gasteiger partial charge in [0.05, 0.1) is 0 Å². The lowest BCUT2D eigenvalue weighted by atomic mass is 10.1. The molecule has 2 rings (SSSR count). The van der Waals surface area contributed by atoms with Gasteiger partial charge < -0.3 is 15.5 Å². The molecular weight excluding hydrogens is 238 g/mol. The summed E-state index contributed by atoms with van der Waals surface area (Å²) >= 11 is 0. The molecular formula is C15H23N3O. The Balaban J connectivity index is 2.00. The molecule has 0 bridgehead atoms. The maximum absolute atomic E-state index is 11.9. The van der Waals surface area contributed by atoms with Gasteiger partial charge in [-0.25, -0.2) is 0 Å². The van der Waals surface area contributed by atoms with E-state index < -0.39 is 0 Å². The van der Waals surface area contributed by atoms with Gasteiger partial charge in [0.2, 0.25) is 5.91 Å². The molecule has 104 valence electrons. The third kappa shape index (κ3) is 3.55. The molecule has 1 aromatic rings. The highest BCUT2D eigenvalue weighted by molar-refractivity contribution is 5.95. The molecule has 1 fully saturated rings. The molecule has 0 spiro atoms. The van der Waals surface area contributed by atoms with Gasteiger partial charge in [0.25, 0.3) is 0 Å². The number of carbonyl (C=O) groups is 1. The Hall–Kier alpha value is -1.39. The normalized spacial score (nSPS) is 19.5. The number of nitrogens with two attached hydrogens (primary N) is 1. The van der Waals surface area contributed by atoms with Crippen LogP contribution >= 0.6 is 0 Å². The summed E-state index contributed by atoms with van der Waals surface area (Å²) in [4.78, 5) is 15.9. The number of hydrogen-bond acceptors (Lipinski definition) is 3. The van der Waals surface area contributed by atoms with Crippen LogP contribution in [0.1, 0.15) is 12.0 Å². The number of amides is 1. The van der Waals surface area contributed by atoms with Crippen molar-refractivity contribution in [1.29, 1.82) is 0 Å². The molecule has 0 radical (unpaired) electrons. The minimum absolute atomic E-state index is 0.191. The lowest BCUT2D eigenvalue weighted by molar-refractivity contribution is -0.117. The van der Waals surface area contributed by atoms with Crippen LogP contribution in [0.25, 0.3) is 0 Å². The van der Waals surface area contributed by atoms with Gasteiger partial charge in [-0.15, -0.1) is 0 Å². The Kier molecular flexibility index (Phi) is 4.56. The van der Waals surface area contributed by atoms with Gasteiger partial charge >= 0.3 is 0 Å². The number of benzene rings is 1. The monoisotopic (exact) mass is 261 g/mol. The van der Waals surface area contributed by atoms with Crippen molar-refractivity contribution in [3.05, 3.63) is 29.8 Å². The first kappa shape index (κ1) is 14.0. The predicted octanol–water partition coefficient (Wildman–Crippen LogP) is 1.10. The van der Waals surface area contributed by atoms with E-state index in [4.69, 9.17) is 5.73 Å². The number of hydrogen-bond donors (Lipinski definition) is 1. The number of likely N-dealkylation sites (N-methyl/N-ethyl adjacent to an activating group) is 1. The lowest BCUT2D eigenvalue weighted by Gasteiger charge is -2.17. The summed E-state index contributed by atoms with van der Waals surface area (Å²) in [5.74, 6) is 0.498. The van der Waals surface area contributed by atoms with Crippen LogP contribution in [0.4, 0.5) is 5.69 Å². The first-order valence-corrected chi connectivity index (χ1v) is 6.84. The Morgan fingerprint density at radius 1 is 1.32 bits per heavy atom. The van der Waals surface area contributed by atoms with E-state index in [0.717, 1.165) is 25.2 Å². The standard InChI is InChI=1S/C15H23N3O/c1-17(2)8-7-12-3-5-14(6-4-12)18-11-13(10-16)9-15(18)19/h3-6,13H,7-11,16H2,1-2H3. The highest BCUT2D eigenvalue weighted by Crippen LogP contribution is 2.24. The van der Waals surface area contributed by atoms with E-state index in [-0.39, 0.29) is 5.91 Å². The lowest BCUT2D eigenvalue weighted by Crippen LogP contribution is -2.25. The largest absolute Gasteiger partial charge is 0.330 e. The number of anilines is 1. The molecule has 1 saturated heterocycles. The minimum Gasteiger partial charge on any atom is -0.330 e. The minimum atomic E-state index is 0.191. The second-order valence-electron chi connectivity index (χ2n) is 5.53. The van der Waals surface area contributed by atoms with E-state index in [9.17, 15) is 4.79 Å². The maximum atomic E-state index is 11.9. The quantitative estimate of drug-likeness (QED) is 0.863. The molecule has 1 aliphatic rings. The topological polar surface area (TPSA) is 49.6 Å². The van der Waals surface area contributed by atoms with Crippen LogP contribution in [0.2, 0.25) is 0 Å². The van der Waals surface area contributed by atoms with E-state index in [1.165, 1.54) is 5.56 Å². The third-order valence-corrected chi connectivity index (χ3v) is 3.63. The van der Waals surface area contributed by atoms with Crippen molar-refractivity contribution in [2.75, 3.05) is 38.6 Å². The third-order valence-electron chi connectivity index (χ3n) is 3.63. The van der Waals surface area contributed by atoms with Crippen molar-refractivity contribution >= 4 is 11.6 Å². The van der Waals surface area contributed by atoms with E-state index in [1.54, 1.807) is 0 Å². The second kappa shape index (κ2) is 6.17. The molecule has 1 aromatic carbocycles. The summed E-state index contributed by atoms with van der Waals surface area (Å²) in [5.41, 5.74) is 7.94. The van der Waals surface area contributed by atoms with Crippen LogP contribution in [0.15, 0.2) is 24.3 Å². The number of carbonyl (C=O) groups excluding carboxylic acids is 1. The van der Waals surface area contributed by atoms with Gasteiger partial charge in [0.1, 0.15) is 0 Å². The van der Waals surface area contributed by atoms with Crippen LogP contribution in [-0.2, 0) is 11.2 Å². The summed E-state index contributed by atoms with van der Waals surface area (Å²) in [6, 6.07) is 8.31. The van der Waals surface area contributed by atoms with Crippen LogP contribution in [-0.4, -0.2) is 44.5 Å². The van der Waals surface area contributed by atoms with Crippen LogP contribution in [0.5, 0.6) is 0 Å². The van der Waals surface area contributed by atoms with E-state index in [2.05, 4.69) is 31.1 Å². The Morgan fingerprint density at radius 3 is 2.53 bits per heavy atom. The van der Waals surface area contributed by atoms with Crippen molar-refractivity contribution < 1.29 is 4.79 Å². The fourth-order valence-electron chi connectivity index (χ4n) is 2.38. The molecule has 1 aliphatic heterocycles. The summed E-state index contributed by atoms with van der Waals surface area (Å²) < 4.78 is 0. The van der Waals surface area contributed by atoms with Crippen LogP contribution in [0.3, 0.4) is 0 Å². The number of nitrogens with zero attached hydrogens (tertiary/aromatic N) is 2. The highest BCUT2D eigenvalue weighted by Gasteiger charge is 2.29. The summed E-state index contributed by atoms with van der Waals surface area (Å²) in [7, 11) is 4.15. The molecule has 4 heteroatoms. The van der Waals surface area contributed by atoms with E-state index in [1.807, 2.05) is 17.0 Å². The predicted molar refractivity (Wildman–Crippen MR) is 78.2 cm³/mol. The van der Waals surface area contributed by atoms with Gasteiger partial charge in [0, 0.05) is 25.2 Å². The van der Waals surface area contributed by atoms with Crippen LogP contribution in [0, 0.1) is 5.92 Å². The van der Waals surface area contributed by atoms with Gasteiger partial charge in [-0.1, -0.05) is 12.1 Å². The average molecular weight is 261 g/mol. The van der Waals surface area contributed by atoms with Gasteiger partial charge in [-0.05, 0) is 50.7 Å². The Morgan fingerprint density at radius 2 is 2.00 bits per heavy atom. The van der Waals surface area contributed by atoms with Gasteiger partial charge in [-0.2, -0.15) is 0 Å². The van der Waals surface area contributed by atoms with Crippen molar-refractivity contribution in [1.82, 2.24) is 4.90 Å². The average Bonchev–Trinajstić information content (AvgIpc) is 2.78. The van der Waals surface area contributed by atoms with Crippen molar-refractivity contribution in [3.8, 4) is 0 Å². The van der Waals surface area contributed by atoms with Crippen molar-refractivity contribution in [2.24, 2.45) is 11.7 Å². The molecule has 2 N–H and O–H groups in total. The summed E-state index contributed by atoms with van der Waals surface area (Å²) in [5, 5.41) is 0.